The third kappa shape index (κ3) is 1.88. The Hall–Kier alpha value is -1.64. The van der Waals surface area contributed by atoms with Gasteiger partial charge >= 0.3 is 0 Å². The van der Waals surface area contributed by atoms with Gasteiger partial charge in [-0.1, -0.05) is 30.3 Å². The molecule has 2 heterocycles. The lowest BCUT2D eigenvalue weighted by Crippen LogP contribution is -1.67. The van der Waals surface area contributed by atoms with Crippen LogP contribution in [-0.2, 0) is 0 Å². The van der Waals surface area contributed by atoms with Crippen molar-refractivity contribution in [3.63, 3.8) is 0 Å². The molecule has 92 valence electrons. The van der Waals surface area contributed by atoms with Gasteiger partial charge in [-0.15, -0.1) is 22.7 Å². The summed E-state index contributed by atoms with van der Waals surface area (Å²) in [4.78, 5) is 2.74. The first kappa shape index (κ1) is 11.2. The molecule has 0 saturated heterocycles. The molecule has 0 nitrogen and oxygen atoms in total. The summed E-state index contributed by atoms with van der Waals surface area (Å²) in [5, 5.41) is 2.73. The Bertz CT molecular complexity index is 815. The van der Waals surface area contributed by atoms with Gasteiger partial charge in [0.05, 0.1) is 0 Å². The minimum absolute atomic E-state index is 1.31. The molecular weight excluding hydrogens is 268 g/mol. The van der Waals surface area contributed by atoms with E-state index >= 15 is 0 Å². The highest BCUT2D eigenvalue weighted by Gasteiger charge is 2.07. The monoisotopic (exact) mass is 280 g/mol. The molecule has 19 heavy (non-hydrogen) atoms. The van der Waals surface area contributed by atoms with Gasteiger partial charge in [-0.2, -0.15) is 0 Å². The highest BCUT2D eigenvalue weighted by Crippen LogP contribution is 2.37. The van der Waals surface area contributed by atoms with Crippen molar-refractivity contribution < 1.29 is 0 Å². The maximum absolute atomic E-state index is 2.32. The zero-order chi connectivity index (χ0) is 12.8. The van der Waals surface area contributed by atoms with Crippen molar-refractivity contribution in [3.8, 4) is 10.4 Å². The molecule has 0 aliphatic rings. The third-order valence-electron chi connectivity index (χ3n) is 3.34. The van der Waals surface area contributed by atoms with Crippen LogP contribution in [0.25, 0.3) is 30.6 Å². The largest absolute Gasteiger partial charge is 0.141 e. The van der Waals surface area contributed by atoms with Gasteiger partial charge in [0.1, 0.15) is 0 Å². The number of hydrogen-bond donors (Lipinski definition) is 0. The van der Waals surface area contributed by atoms with Crippen LogP contribution in [0.4, 0.5) is 0 Å². The van der Waals surface area contributed by atoms with Gasteiger partial charge in [0.25, 0.3) is 0 Å². The highest BCUT2D eigenvalue weighted by molar-refractivity contribution is 7.22. The molecule has 0 fully saturated rings. The van der Waals surface area contributed by atoms with Crippen LogP contribution >= 0.6 is 22.7 Å². The zero-order valence-electron chi connectivity index (χ0n) is 10.5. The SMILES string of the molecule is Cc1cc2cc3sc(-c4ccccc4)cc3cc2s1. The molecule has 2 aromatic carbocycles. The number of rotatable bonds is 1. The van der Waals surface area contributed by atoms with E-state index in [4.69, 9.17) is 0 Å². The van der Waals surface area contributed by atoms with Crippen molar-refractivity contribution in [3.05, 3.63) is 59.5 Å². The number of benzene rings is 2. The fourth-order valence-electron chi connectivity index (χ4n) is 2.45. The predicted molar refractivity (Wildman–Crippen MR) is 87.4 cm³/mol. The highest BCUT2D eigenvalue weighted by atomic mass is 32.1. The average molecular weight is 280 g/mol. The lowest BCUT2D eigenvalue weighted by molar-refractivity contribution is 1.66. The molecule has 0 N–H and O–H groups in total. The van der Waals surface area contributed by atoms with Crippen LogP contribution in [0.15, 0.2) is 54.6 Å². The van der Waals surface area contributed by atoms with Gasteiger partial charge in [0, 0.05) is 19.2 Å². The molecule has 0 unspecified atom stereocenters. The van der Waals surface area contributed by atoms with Crippen LogP contribution in [-0.4, -0.2) is 0 Å². The van der Waals surface area contributed by atoms with Crippen LogP contribution < -0.4 is 0 Å². The Kier molecular flexibility index (Phi) is 2.47. The lowest BCUT2D eigenvalue weighted by atomic mass is 10.1. The smallest absolute Gasteiger partial charge is 0.0356 e. The summed E-state index contributed by atoms with van der Waals surface area (Å²) in [6.07, 6.45) is 0. The van der Waals surface area contributed by atoms with Crippen LogP contribution in [0.5, 0.6) is 0 Å². The average Bonchev–Trinajstić information content (AvgIpc) is 2.98. The Morgan fingerprint density at radius 1 is 0.737 bits per heavy atom. The number of aryl methyl sites for hydroxylation is 1. The first-order valence-electron chi connectivity index (χ1n) is 6.29. The maximum atomic E-state index is 2.32. The Labute approximate surface area is 119 Å². The molecule has 0 radical (unpaired) electrons. The van der Waals surface area contributed by atoms with Gasteiger partial charge in [-0.25, -0.2) is 0 Å². The summed E-state index contributed by atoms with van der Waals surface area (Å²) in [5.74, 6) is 0. The second-order valence-corrected chi connectivity index (χ2v) is 7.13. The van der Waals surface area contributed by atoms with Crippen LogP contribution in [0.1, 0.15) is 4.88 Å². The molecule has 2 aromatic heterocycles. The van der Waals surface area contributed by atoms with Crippen LogP contribution in [0.2, 0.25) is 0 Å². The molecule has 0 aliphatic carbocycles. The summed E-state index contributed by atoms with van der Waals surface area (Å²) < 4.78 is 2.77. The van der Waals surface area contributed by atoms with Gasteiger partial charge in [0.2, 0.25) is 0 Å². The Balaban J connectivity index is 1.96. The summed E-state index contributed by atoms with van der Waals surface area (Å²) in [6.45, 7) is 2.17. The van der Waals surface area contributed by atoms with E-state index in [0.717, 1.165) is 0 Å². The number of thiophene rings is 2. The van der Waals surface area contributed by atoms with Crippen LogP contribution in [0, 0.1) is 6.92 Å². The molecule has 4 rings (SSSR count). The Morgan fingerprint density at radius 2 is 1.42 bits per heavy atom. The first-order valence-corrected chi connectivity index (χ1v) is 7.92. The van der Waals surface area contributed by atoms with Crippen molar-refractivity contribution in [2.24, 2.45) is 0 Å². The summed E-state index contributed by atoms with van der Waals surface area (Å²) in [6, 6.07) is 19.9. The second-order valence-electron chi connectivity index (χ2n) is 4.76. The third-order valence-corrected chi connectivity index (χ3v) is 5.50. The van der Waals surface area contributed by atoms with Crippen molar-refractivity contribution in [1.29, 1.82) is 0 Å². The van der Waals surface area contributed by atoms with E-state index in [-0.39, 0.29) is 0 Å². The molecule has 0 bridgehead atoms. The van der Waals surface area contributed by atoms with E-state index in [0.29, 0.717) is 0 Å². The maximum Gasteiger partial charge on any atom is 0.0356 e. The van der Waals surface area contributed by atoms with Gasteiger partial charge in [-0.3, -0.25) is 0 Å². The Morgan fingerprint density at radius 3 is 2.21 bits per heavy atom. The van der Waals surface area contributed by atoms with Crippen molar-refractivity contribution in [2.75, 3.05) is 0 Å². The van der Waals surface area contributed by atoms with E-state index in [1.165, 1.54) is 35.5 Å². The normalized spacial score (nSPS) is 11.4. The fourth-order valence-corrected chi connectivity index (χ4v) is 4.50. The zero-order valence-corrected chi connectivity index (χ0v) is 12.1. The molecule has 0 amide bonds. The van der Waals surface area contributed by atoms with Gasteiger partial charge < -0.3 is 0 Å². The minimum atomic E-state index is 1.31. The van der Waals surface area contributed by atoms with E-state index in [1.807, 2.05) is 22.7 Å². The quantitative estimate of drug-likeness (QED) is 0.395. The molecule has 4 aromatic rings. The molecule has 0 spiro atoms. The van der Waals surface area contributed by atoms with Crippen molar-refractivity contribution >= 4 is 42.8 Å². The van der Waals surface area contributed by atoms with E-state index in [9.17, 15) is 0 Å². The molecule has 0 saturated carbocycles. The first-order chi connectivity index (χ1) is 9.29. The van der Waals surface area contributed by atoms with Gasteiger partial charge in [0.15, 0.2) is 0 Å². The van der Waals surface area contributed by atoms with E-state index in [2.05, 4.69) is 61.5 Å². The summed E-state index contributed by atoms with van der Waals surface area (Å²) in [5.41, 5.74) is 1.31. The summed E-state index contributed by atoms with van der Waals surface area (Å²) in [7, 11) is 0. The van der Waals surface area contributed by atoms with E-state index in [1.54, 1.807) is 0 Å². The summed E-state index contributed by atoms with van der Waals surface area (Å²) >= 11 is 3.76. The van der Waals surface area contributed by atoms with Crippen molar-refractivity contribution in [1.82, 2.24) is 0 Å². The topological polar surface area (TPSA) is 0 Å². The molecule has 2 heteroatoms. The number of fused-ring (bicyclic) bond motifs is 2. The van der Waals surface area contributed by atoms with Gasteiger partial charge in [-0.05, 0) is 47.5 Å². The fraction of sp³-hybridized carbons (Fsp3) is 0.0588. The standard InChI is InChI=1S/C17H12S2/c1-11-7-13-8-17-14(10-16(13)18-11)9-15(19-17)12-5-3-2-4-6-12/h2-10H,1H3. The van der Waals surface area contributed by atoms with Crippen molar-refractivity contribution in [2.45, 2.75) is 6.92 Å². The molecule has 0 aliphatic heterocycles. The minimum Gasteiger partial charge on any atom is -0.141 e. The second kappa shape index (κ2) is 4.19. The van der Waals surface area contributed by atoms with E-state index < -0.39 is 0 Å². The number of hydrogen-bond acceptors (Lipinski definition) is 2. The molecule has 0 atom stereocenters. The lowest BCUT2D eigenvalue weighted by Gasteiger charge is -1.93. The molecular formula is C17H12S2. The predicted octanol–water partition coefficient (Wildman–Crippen LogP) is 6.09. The van der Waals surface area contributed by atoms with Crippen LogP contribution in [0.3, 0.4) is 0 Å².